The van der Waals surface area contributed by atoms with Gasteiger partial charge >= 0.3 is 5.97 Å². The van der Waals surface area contributed by atoms with Crippen LogP contribution in [0.4, 0.5) is 10.2 Å². The molecule has 1 saturated heterocycles. The van der Waals surface area contributed by atoms with E-state index < -0.39 is 5.97 Å². The van der Waals surface area contributed by atoms with Gasteiger partial charge in [-0.1, -0.05) is 18.2 Å². The van der Waals surface area contributed by atoms with Crippen LogP contribution in [0.1, 0.15) is 43.9 Å². The van der Waals surface area contributed by atoms with E-state index in [2.05, 4.69) is 11.8 Å². The standard InChI is InChI=1S/C31H33FN4O4/c1-20-25(18-29(37)38)30-35-12-10-31(2,11-13-35)40-15-4-3-14-39-27-17-23(32)8-9-24(27)21-6-5-7-22(16-21)26-19-28(33-20)36(30)34-26/h5-9,16-17,19H,3-4,10-15,18H2,1-2H3,(H,37,38). The molecule has 0 radical (unpaired) electrons. The number of anilines is 1. The molecule has 0 spiro atoms. The number of carboxylic acids is 1. The summed E-state index contributed by atoms with van der Waals surface area (Å²) in [6.45, 7) is 6.53. The molecule has 2 aromatic heterocycles. The molecule has 3 aliphatic rings. The molecule has 0 saturated carbocycles. The Morgan fingerprint density at radius 1 is 1.07 bits per heavy atom. The van der Waals surface area contributed by atoms with E-state index in [1.807, 2.05) is 37.3 Å². The zero-order valence-electron chi connectivity index (χ0n) is 22.8. The molecular weight excluding hydrogens is 511 g/mol. The molecule has 0 unspecified atom stereocenters. The van der Waals surface area contributed by atoms with Gasteiger partial charge in [-0.15, -0.1) is 0 Å². The number of nitrogens with zero attached hydrogens (tertiary/aromatic N) is 4. The van der Waals surface area contributed by atoms with Gasteiger partial charge < -0.3 is 19.5 Å². The Bertz CT molecular complexity index is 1580. The van der Waals surface area contributed by atoms with Crippen molar-refractivity contribution in [3.05, 3.63) is 65.6 Å². The molecule has 5 heterocycles. The number of hydrogen-bond donors (Lipinski definition) is 1. The van der Waals surface area contributed by atoms with Gasteiger partial charge in [0, 0.05) is 54.2 Å². The van der Waals surface area contributed by atoms with Crippen LogP contribution in [0.3, 0.4) is 0 Å². The molecule has 2 aromatic carbocycles. The monoisotopic (exact) mass is 544 g/mol. The van der Waals surface area contributed by atoms with Crippen LogP contribution >= 0.6 is 0 Å². The molecule has 208 valence electrons. The largest absolute Gasteiger partial charge is 0.493 e. The summed E-state index contributed by atoms with van der Waals surface area (Å²) in [6.07, 6.45) is 3.11. The van der Waals surface area contributed by atoms with E-state index in [1.54, 1.807) is 10.6 Å². The molecule has 3 aliphatic heterocycles. The van der Waals surface area contributed by atoms with Crippen LogP contribution in [-0.4, -0.2) is 57.6 Å². The Kier molecular flexibility index (Phi) is 6.92. The maximum absolute atomic E-state index is 14.2. The average Bonchev–Trinajstić information content (AvgIpc) is 3.35. The van der Waals surface area contributed by atoms with Crippen molar-refractivity contribution < 1.29 is 23.8 Å². The van der Waals surface area contributed by atoms with Gasteiger partial charge in [0.1, 0.15) is 17.4 Å². The minimum absolute atomic E-state index is 0.133. The SMILES string of the molecule is Cc1nc2cc3nn2c(c1CC(=O)O)N1CCC(C)(CC1)OCCCCOc1cc(F)ccc1-c1cccc-3c1. The number of aryl methyl sites for hydroxylation is 1. The first-order valence-electron chi connectivity index (χ1n) is 13.8. The predicted molar refractivity (Wildman–Crippen MR) is 150 cm³/mol. The maximum Gasteiger partial charge on any atom is 0.308 e. The zero-order valence-corrected chi connectivity index (χ0v) is 22.8. The molecule has 6 bridgehead atoms. The Balaban J connectivity index is 1.51. The molecule has 0 aliphatic carbocycles. The Hall–Kier alpha value is -3.98. The summed E-state index contributed by atoms with van der Waals surface area (Å²) in [4.78, 5) is 18.8. The first-order valence-corrected chi connectivity index (χ1v) is 13.8. The lowest BCUT2D eigenvalue weighted by molar-refractivity contribution is -0.136. The number of aromatic nitrogens is 3. The van der Waals surface area contributed by atoms with Crippen molar-refractivity contribution >= 4 is 17.4 Å². The van der Waals surface area contributed by atoms with Gasteiger partial charge in [-0.05, 0) is 63.3 Å². The maximum atomic E-state index is 14.2. The van der Waals surface area contributed by atoms with Crippen LogP contribution in [0.25, 0.3) is 28.0 Å². The van der Waals surface area contributed by atoms with Crippen LogP contribution in [0, 0.1) is 12.7 Å². The van der Waals surface area contributed by atoms with Gasteiger partial charge in [-0.2, -0.15) is 9.61 Å². The molecule has 7 rings (SSSR count). The number of fused-ring (bicyclic) bond motifs is 7. The van der Waals surface area contributed by atoms with Crippen molar-refractivity contribution in [1.82, 2.24) is 14.6 Å². The predicted octanol–water partition coefficient (Wildman–Crippen LogP) is 5.69. The molecule has 0 atom stereocenters. The lowest BCUT2D eigenvalue weighted by Crippen LogP contribution is -2.45. The summed E-state index contributed by atoms with van der Waals surface area (Å²) in [6, 6.07) is 14.5. The Morgan fingerprint density at radius 3 is 2.65 bits per heavy atom. The van der Waals surface area contributed by atoms with Crippen molar-refractivity contribution in [2.24, 2.45) is 0 Å². The van der Waals surface area contributed by atoms with Gasteiger partial charge in [-0.25, -0.2) is 9.37 Å². The summed E-state index contributed by atoms with van der Waals surface area (Å²) in [5.74, 6) is 0.0317. The van der Waals surface area contributed by atoms with E-state index in [-0.39, 0.29) is 17.8 Å². The average molecular weight is 545 g/mol. The Morgan fingerprint density at radius 2 is 1.85 bits per heavy atom. The van der Waals surface area contributed by atoms with Crippen molar-refractivity contribution in [2.75, 3.05) is 31.2 Å². The fourth-order valence-electron chi connectivity index (χ4n) is 5.70. The van der Waals surface area contributed by atoms with Crippen molar-refractivity contribution in [1.29, 1.82) is 0 Å². The first kappa shape index (κ1) is 26.3. The van der Waals surface area contributed by atoms with Crippen molar-refractivity contribution in [3.63, 3.8) is 0 Å². The second-order valence-corrected chi connectivity index (χ2v) is 10.9. The number of aliphatic carboxylic acids is 1. The molecule has 8 nitrogen and oxygen atoms in total. The summed E-state index contributed by atoms with van der Waals surface area (Å²) >= 11 is 0. The number of carboxylic acid groups (broad SMARTS) is 1. The number of rotatable bonds is 2. The van der Waals surface area contributed by atoms with E-state index >= 15 is 0 Å². The smallest absolute Gasteiger partial charge is 0.308 e. The van der Waals surface area contributed by atoms with Crippen LogP contribution < -0.4 is 9.64 Å². The summed E-state index contributed by atoms with van der Waals surface area (Å²) in [7, 11) is 0. The lowest BCUT2D eigenvalue weighted by atomic mass is 9.93. The number of carbonyl (C=O) groups is 1. The van der Waals surface area contributed by atoms with Crippen LogP contribution in [0.15, 0.2) is 48.5 Å². The van der Waals surface area contributed by atoms with Gasteiger partial charge in [0.2, 0.25) is 0 Å². The van der Waals surface area contributed by atoms with E-state index in [0.717, 1.165) is 67.0 Å². The molecule has 0 amide bonds. The highest BCUT2D eigenvalue weighted by Crippen LogP contribution is 2.36. The summed E-state index contributed by atoms with van der Waals surface area (Å²) < 4.78 is 28.4. The highest BCUT2D eigenvalue weighted by molar-refractivity contribution is 5.78. The van der Waals surface area contributed by atoms with E-state index in [4.69, 9.17) is 19.6 Å². The van der Waals surface area contributed by atoms with Gasteiger partial charge in [-0.3, -0.25) is 4.79 Å². The number of ether oxygens (including phenoxy) is 2. The second-order valence-electron chi connectivity index (χ2n) is 10.9. The third-order valence-electron chi connectivity index (χ3n) is 7.99. The van der Waals surface area contributed by atoms with Gasteiger partial charge in [0.25, 0.3) is 0 Å². The van der Waals surface area contributed by atoms with Gasteiger partial charge in [0.05, 0.1) is 24.3 Å². The van der Waals surface area contributed by atoms with Crippen molar-refractivity contribution in [2.45, 2.75) is 51.6 Å². The summed E-state index contributed by atoms with van der Waals surface area (Å²) in [5, 5.41) is 14.7. The molecule has 9 heteroatoms. The van der Waals surface area contributed by atoms with Gasteiger partial charge in [0.15, 0.2) is 5.65 Å². The van der Waals surface area contributed by atoms with Crippen LogP contribution in [0.5, 0.6) is 5.75 Å². The fraction of sp³-hybridized carbons (Fsp3) is 0.387. The number of piperidine rings is 1. The molecular formula is C31H33FN4O4. The summed E-state index contributed by atoms with van der Waals surface area (Å²) in [5.41, 5.74) is 5.03. The van der Waals surface area contributed by atoms with Crippen LogP contribution in [-0.2, 0) is 16.0 Å². The quantitative estimate of drug-likeness (QED) is 0.347. The molecule has 40 heavy (non-hydrogen) atoms. The molecule has 4 aromatic rings. The minimum Gasteiger partial charge on any atom is -0.493 e. The van der Waals surface area contributed by atoms with Crippen LogP contribution in [0.2, 0.25) is 0 Å². The highest BCUT2D eigenvalue weighted by atomic mass is 19.1. The molecule has 1 fully saturated rings. The minimum atomic E-state index is -0.904. The van der Waals surface area contributed by atoms with E-state index in [1.165, 1.54) is 12.1 Å². The third-order valence-corrected chi connectivity index (χ3v) is 7.99. The second kappa shape index (κ2) is 10.5. The molecule has 1 N–H and O–H groups in total. The van der Waals surface area contributed by atoms with E-state index in [9.17, 15) is 14.3 Å². The van der Waals surface area contributed by atoms with E-state index in [0.29, 0.717) is 35.9 Å². The number of hydrogen-bond acceptors (Lipinski definition) is 6. The fourth-order valence-corrected chi connectivity index (χ4v) is 5.70. The Labute approximate surface area is 232 Å². The zero-order chi connectivity index (χ0) is 27.9. The number of benzene rings is 2. The lowest BCUT2D eigenvalue weighted by Gasteiger charge is -2.40. The van der Waals surface area contributed by atoms with Crippen molar-refractivity contribution in [3.8, 4) is 28.1 Å². The first-order chi connectivity index (χ1) is 19.3. The highest BCUT2D eigenvalue weighted by Gasteiger charge is 2.33. The number of halogens is 1. The topological polar surface area (TPSA) is 89.2 Å². The normalized spacial score (nSPS) is 17.1. The third kappa shape index (κ3) is 5.13.